The maximum absolute atomic E-state index is 12.8. The zero-order chi connectivity index (χ0) is 27.2. The van der Waals surface area contributed by atoms with Crippen molar-refractivity contribution in [2.75, 3.05) is 33.2 Å². The molecule has 0 saturated carbocycles. The number of hydrogen-bond donors (Lipinski definition) is 1. The number of benzene rings is 3. The van der Waals surface area contributed by atoms with Gasteiger partial charge < -0.3 is 23.1 Å². The lowest BCUT2D eigenvalue weighted by Crippen LogP contribution is -2.12. The van der Waals surface area contributed by atoms with Crippen LogP contribution in [0.25, 0.3) is 6.08 Å². The maximum atomic E-state index is 12.8. The molecule has 0 amide bonds. The van der Waals surface area contributed by atoms with E-state index < -0.39 is 20.1 Å². The summed E-state index contributed by atoms with van der Waals surface area (Å²) in [5, 5.41) is 0.924. The summed E-state index contributed by atoms with van der Waals surface area (Å²) in [5.74, 6) is 1.05. The Morgan fingerprint density at radius 2 is 1.30 bits per heavy atom. The standard InChI is InChI=1S/C25H27NO9S2/c1-17-6-9-20(10-7-17)37(29,30)35-25-14-18(8-11-22(25)32-3)26-36(27,28)13-12-21-23(33-4)15-19(31-2)16-24(21)34-5/h6-16,26H,1-5H3. The third kappa shape index (κ3) is 6.86. The molecule has 0 spiro atoms. The second-order valence-corrected chi connectivity index (χ2v) is 10.7. The molecule has 0 radical (unpaired) electrons. The van der Waals surface area contributed by atoms with E-state index in [4.69, 9.17) is 23.1 Å². The first-order chi connectivity index (χ1) is 17.5. The van der Waals surface area contributed by atoms with Crippen LogP contribution in [-0.4, -0.2) is 45.3 Å². The zero-order valence-electron chi connectivity index (χ0n) is 20.8. The van der Waals surface area contributed by atoms with Gasteiger partial charge in [-0.3, -0.25) is 4.72 Å². The third-order valence-corrected chi connectivity index (χ3v) is 7.36. The van der Waals surface area contributed by atoms with Crippen LogP contribution in [0.5, 0.6) is 28.7 Å². The van der Waals surface area contributed by atoms with Gasteiger partial charge in [-0.25, -0.2) is 8.42 Å². The molecule has 37 heavy (non-hydrogen) atoms. The van der Waals surface area contributed by atoms with Crippen molar-refractivity contribution in [1.29, 1.82) is 0 Å². The van der Waals surface area contributed by atoms with Crippen molar-refractivity contribution >= 4 is 31.9 Å². The number of ether oxygens (including phenoxy) is 4. The number of rotatable bonds is 11. The highest BCUT2D eigenvalue weighted by Gasteiger charge is 2.20. The van der Waals surface area contributed by atoms with Crippen LogP contribution in [0.1, 0.15) is 11.1 Å². The van der Waals surface area contributed by atoms with Crippen molar-refractivity contribution in [2.45, 2.75) is 11.8 Å². The Kier molecular flexibility index (Phi) is 8.56. The summed E-state index contributed by atoms with van der Waals surface area (Å²) >= 11 is 0. The molecule has 0 bridgehead atoms. The molecule has 0 aliphatic heterocycles. The molecule has 1 N–H and O–H groups in total. The number of methoxy groups -OCH3 is 4. The Hall–Kier alpha value is -3.90. The second-order valence-electron chi connectivity index (χ2n) is 7.61. The van der Waals surface area contributed by atoms with E-state index in [0.717, 1.165) is 11.0 Å². The number of sulfonamides is 1. The van der Waals surface area contributed by atoms with Crippen LogP contribution in [-0.2, 0) is 20.1 Å². The number of aryl methyl sites for hydroxylation is 1. The minimum Gasteiger partial charge on any atom is -0.496 e. The Balaban J connectivity index is 1.89. The lowest BCUT2D eigenvalue weighted by atomic mass is 10.1. The second kappa shape index (κ2) is 11.4. The van der Waals surface area contributed by atoms with Gasteiger partial charge in [-0.1, -0.05) is 17.7 Å². The van der Waals surface area contributed by atoms with Crippen LogP contribution < -0.4 is 27.9 Å². The van der Waals surface area contributed by atoms with E-state index in [1.165, 1.54) is 64.8 Å². The highest BCUT2D eigenvalue weighted by Crippen LogP contribution is 2.36. The van der Waals surface area contributed by atoms with E-state index in [9.17, 15) is 16.8 Å². The number of anilines is 1. The summed E-state index contributed by atoms with van der Waals surface area (Å²) in [5.41, 5.74) is 1.30. The molecular weight excluding hydrogens is 522 g/mol. The topological polar surface area (TPSA) is 126 Å². The highest BCUT2D eigenvalue weighted by atomic mass is 32.2. The Labute approximate surface area is 216 Å². The fourth-order valence-electron chi connectivity index (χ4n) is 3.23. The fraction of sp³-hybridized carbons (Fsp3) is 0.200. The minimum atomic E-state index is -4.20. The maximum Gasteiger partial charge on any atom is 0.339 e. The molecule has 0 atom stereocenters. The average Bonchev–Trinajstić information content (AvgIpc) is 2.87. The molecule has 0 unspecified atom stereocenters. The van der Waals surface area contributed by atoms with Gasteiger partial charge in [0.15, 0.2) is 11.5 Å². The quantitative estimate of drug-likeness (QED) is 0.350. The molecule has 3 aromatic rings. The fourth-order valence-corrected chi connectivity index (χ4v) is 5.00. The molecule has 3 aromatic carbocycles. The smallest absolute Gasteiger partial charge is 0.339 e. The summed E-state index contributed by atoms with van der Waals surface area (Å²) in [6.07, 6.45) is 1.31. The van der Waals surface area contributed by atoms with Crippen molar-refractivity contribution < 1.29 is 40.0 Å². The predicted octanol–water partition coefficient (Wildman–Crippen LogP) is 4.21. The van der Waals surface area contributed by atoms with Gasteiger partial charge in [-0.2, -0.15) is 8.42 Å². The summed E-state index contributed by atoms with van der Waals surface area (Å²) < 4.78 is 79.8. The first-order valence-corrected chi connectivity index (χ1v) is 13.7. The Morgan fingerprint density at radius 1 is 0.703 bits per heavy atom. The van der Waals surface area contributed by atoms with Gasteiger partial charge >= 0.3 is 10.1 Å². The van der Waals surface area contributed by atoms with E-state index in [1.807, 2.05) is 6.92 Å². The van der Waals surface area contributed by atoms with Crippen LogP contribution in [0, 0.1) is 6.92 Å². The minimum absolute atomic E-state index is 0.0493. The zero-order valence-corrected chi connectivity index (χ0v) is 22.5. The Bertz CT molecular complexity index is 1470. The van der Waals surface area contributed by atoms with Gasteiger partial charge in [-0.15, -0.1) is 0 Å². The molecule has 0 heterocycles. The summed E-state index contributed by atoms with van der Waals surface area (Å²) in [6.45, 7) is 1.82. The molecule has 198 valence electrons. The molecule has 0 saturated heterocycles. The van der Waals surface area contributed by atoms with E-state index in [-0.39, 0.29) is 22.1 Å². The molecule has 0 aromatic heterocycles. The molecule has 0 fully saturated rings. The summed E-state index contributed by atoms with van der Waals surface area (Å²) in [6, 6.07) is 13.3. The van der Waals surface area contributed by atoms with Gasteiger partial charge in [0.2, 0.25) is 0 Å². The summed E-state index contributed by atoms with van der Waals surface area (Å²) in [7, 11) is -2.57. The van der Waals surface area contributed by atoms with Crippen molar-refractivity contribution in [3.63, 3.8) is 0 Å². The van der Waals surface area contributed by atoms with Crippen molar-refractivity contribution in [1.82, 2.24) is 0 Å². The monoisotopic (exact) mass is 549 g/mol. The Morgan fingerprint density at radius 3 is 1.84 bits per heavy atom. The molecule has 12 heteroatoms. The lowest BCUT2D eigenvalue weighted by molar-refractivity contribution is 0.374. The molecule has 10 nitrogen and oxygen atoms in total. The van der Waals surface area contributed by atoms with Crippen LogP contribution >= 0.6 is 0 Å². The van der Waals surface area contributed by atoms with E-state index in [1.54, 1.807) is 24.3 Å². The van der Waals surface area contributed by atoms with Crippen LogP contribution in [0.2, 0.25) is 0 Å². The van der Waals surface area contributed by atoms with Gasteiger partial charge in [0.25, 0.3) is 10.0 Å². The average molecular weight is 550 g/mol. The largest absolute Gasteiger partial charge is 0.496 e. The summed E-state index contributed by atoms with van der Waals surface area (Å²) in [4.78, 5) is -0.0588. The molecule has 0 aliphatic rings. The van der Waals surface area contributed by atoms with Crippen LogP contribution in [0.3, 0.4) is 0 Å². The highest BCUT2D eigenvalue weighted by molar-refractivity contribution is 7.95. The van der Waals surface area contributed by atoms with Crippen LogP contribution in [0.4, 0.5) is 5.69 Å². The van der Waals surface area contributed by atoms with Crippen molar-refractivity contribution in [3.05, 3.63) is 71.1 Å². The molecular formula is C25H27NO9S2. The molecule has 3 rings (SSSR count). The van der Waals surface area contributed by atoms with Crippen molar-refractivity contribution in [2.24, 2.45) is 0 Å². The predicted molar refractivity (Wildman–Crippen MR) is 140 cm³/mol. The first-order valence-electron chi connectivity index (χ1n) is 10.7. The van der Waals surface area contributed by atoms with Gasteiger partial charge in [0.05, 0.1) is 45.1 Å². The number of nitrogens with one attached hydrogen (secondary N) is 1. The third-order valence-electron chi connectivity index (χ3n) is 5.10. The van der Waals surface area contributed by atoms with Crippen molar-refractivity contribution in [3.8, 4) is 28.7 Å². The van der Waals surface area contributed by atoms with Gasteiger partial charge in [0.1, 0.15) is 22.1 Å². The van der Waals surface area contributed by atoms with E-state index in [0.29, 0.717) is 22.8 Å². The first kappa shape index (κ1) is 27.7. The SMILES string of the molecule is COc1cc(OC)c(C=CS(=O)(=O)Nc2ccc(OC)c(OS(=O)(=O)c3ccc(C)cc3)c2)c(OC)c1. The number of hydrogen-bond acceptors (Lipinski definition) is 9. The van der Waals surface area contributed by atoms with Crippen LogP contribution in [0.15, 0.2) is 64.9 Å². The van der Waals surface area contributed by atoms with Gasteiger partial charge in [0, 0.05) is 18.2 Å². The lowest BCUT2D eigenvalue weighted by Gasteiger charge is -2.14. The van der Waals surface area contributed by atoms with E-state index >= 15 is 0 Å². The molecule has 0 aliphatic carbocycles. The van der Waals surface area contributed by atoms with Gasteiger partial charge in [-0.05, 0) is 37.3 Å². The van der Waals surface area contributed by atoms with E-state index in [2.05, 4.69) is 4.72 Å². The normalized spacial score (nSPS) is 11.7.